The van der Waals surface area contributed by atoms with Gasteiger partial charge in [0.05, 0.1) is 5.92 Å². The van der Waals surface area contributed by atoms with E-state index in [4.69, 9.17) is 14.0 Å². The van der Waals surface area contributed by atoms with Gasteiger partial charge in [-0.3, -0.25) is 4.79 Å². The van der Waals surface area contributed by atoms with E-state index in [0.29, 0.717) is 36.2 Å². The molecule has 1 aliphatic rings. The van der Waals surface area contributed by atoms with Crippen molar-refractivity contribution in [3.63, 3.8) is 0 Å². The van der Waals surface area contributed by atoms with E-state index < -0.39 is 18.0 Å². The minimum absolute atomic E-state index is 0.101. The van der Waals surface area contributed by atoms with Crippen LogP contribution in [0.25, 0.3) is 11.5 Å². The number of carbonyl (C=O) groups is 2. The fraction of sp³-hybridized carbons (Fsp3) is 0.214. The second-order valence-electron chi connectivity index (χ2n) is 8.81. The number of para-hydroxylation sites is 1. The van der Waals surface area contributed by atoms with Crippen LogP contribution in [-0.4, -0.2) is 45.3 Å². The second-order valence-corrected chi connectivity index (χ2v) is 8.81. The van der Waals surface area contributed by atoms with E-state index in [1.807, 2.05) is 60.7 Å². The lowest BCUT2D eigenvalue weighted by Gasteiger charge is -2.16. The molecule has 1 fully saturated rings. The van der Waals surface area contributed by atoms with E-state index in [-0.39, 0.29) is 19.1 Å². The SMILES string of the molecule is O=C(O)[C@H]1CN(C(=O)Oc2ccccc2)C[C@H]1Cc1cccc(OCc2noc(-c3ccccc3)n2)c1. The number of carboxylic acids is 1. The van der Waals surface area contributed by atoms with Crippen molar-refractivity contribution >= 4 is 12.1 Å². The van der Waals surface area contributed by atoms with Gasteiger partial charge < -0.3 is 24.0 Å². The van der Waals surface area contributed by atoms with Crippen molar-refractivity contribution in [3.8, 4) is 23.0 Å². The quantitative estimate of drug-likeness (QED) is 0.371. The minimum atomic E-state index is -0.932. The second kappa shape index (κ2) is 10.9. The number of ether oxygens (including phenoxy) is 2. The fourth-order valence-electron chi connectivity index (χ4n) is 4.38. The highest BCUT2D eigenvalue weighted by Crippen LogP contribution is 2.29. The average molecular weight is 500 g/mol. The van der Waals surface area contributed by atoms with Crippen LogP contribution in [0.15, 0.2) is 89.5 Å². The first-order valence-corrected chi connectivity index (χ1v) is 11.9. The molecule has 1 amide bonds. The molecule has 188 valence electrons. The zero-order valence-corrected chi connectivity index (χ0v) is 19.9. The number of benzene rings is 3. The van der Waals surface area contributed by atoms with Crippen LogP contribution in [0.3, 0.4) is 0 Å². The molecule has 0 radical (unpaired) electrons. The summed E-state index contributed by atoms with van der Waals surface area (Å²) in [5.41, 5.74) is 1.74. The zero-order chi connectivity index (χ0) is 25.6. The molecule has 0 saturated carbocycles. The first-order valence-electron chi connectivity index (χ1n) is 11.9. The number of carbonyl (C=O) groups excluding carboxylic acids is 1. The molecule has 1 aliphatic heterocycles. The van der Waals surface area contributed by atoms with Gasteiger partial charge in [-0.15, -0.1) is 0 Å². The fourth-order valence-corrected chi connectivity index (χ4v) is 4.38. The maximum absolute atomic E-state index is 12.6. The Hall–Kier alpha value is -4.66. The highest BCUT2D eigenvalue weighted by atomic mass is 16.6. The van der Waals surface area contributed by atoms with Crippen LogP contribution in [0.5, 0.6) is 11.5 Å². The van der Waals surface area contributed by atoms with Gasteiger partial charge in [-0.2, -0.15) is 4.98 Å². The first-order chi connectivity index (χ1) is 18.0. The maximum atomic E-state index is 12.6. The molecule has 0 aliphatic carbocycles. The Kier molecular flexibility index (Phi) is 7.12. The lowest BCUT2D eigenvalue weighted by molar-refractivity contribution is -0.142. The number of hydrogen-bond donors (Lipinski definition) is 1. The average Bonchev–Trinajstić information content (AvgIpc) is 3.57. The van der Waals surface area contributed by atoms with E-state index in [2.05, 4.69) is 10.1 Å². The maximum Gasteiger partial charge on any atom is 0.415 e. The molecule has 9 heteroatoms. The standard InChI is InChI=1S/C28H25N3O6/c32-27(33)24-17-31(28(34)36-22-11-5-2-6-12-22)16-21(24)14-19-8-7-13-23(15-19)35-18-25-29-26(37-30-25)20-9-3-1-4-10-20/h1-13,15,21,24H,14,16-18H2,(H,32,33)/t21-,24+/m1/s1. The molecule has 5 rings (SSSR count). The van der Waals surface area contributed by atoms with Gasteiger partial charge in [0, 0.05) is 18.7 Å². The normalized spacial score (nSPS) is 16.9. The molecule has 2 atom stereocenters. The topological polar surface area (TPSA) is 115 Å². The number of likely N-dealkylation sites (tertiary alicyclic amines) is 1. The third-order valence-electron chi connectivity index (χ3n) is 6.22. The Balaban J connectivity index is 1.20. The van der Waals surface area contributed by atoms with Gasteiger partial charge in [0.15, 0.2) is 6.61 Å². The van der Waals surface area contributed by atoms with Gasteiger partial charge in [0.25, 0.3) is 5.89 Å². The van der Waals surface area contributed by atoms with E-state index in [0.717, 1.165) is 11.1 Å². The van der Waals surface area contributed by atoms with E-state index >= 15 is 0 Å². The summed E-state index contributed by atoms with van der Waals surface area (Å²) in [7, 11) is 0. The molecule has 9 nitrogen and oxygen atoms in total. The number of carboxylic acid groups (broad SMARTS) is 1. The highest BCUT2D eigenvalue weighted by molar-refractivity contribution is 5.75. The van der Waals surface area contributed by atoms with Crippen LogP contribution < -0.4 is 9.47 Å². The Morgan fingerprint density at radius 3 is 2.43 bits per heavy atom. The lowest BCUT2D eigenvalue weighted by atomic mass is 9.90. The van der Waals surface area contributed by atoms with Gasteiger partial charge in [0.1, 0.15) is 11.5 Å². The summed E-state index contributed by atoms with van der Waals surface area (Å²) in [5.74, 6) is -0.0224. The molecule has 1 saturated heterocycles. The van der Waals surface area contributed by atoms with Crippen molar-refractivity contribution in [1.29, 1.82) is 0 Å². The molecule has 1 N–H and O–H groups in total. The molecule has 3 aromatic carbocycles. The van der Waals surface area contributed by atoms with Crippen molar-refractivity contribution in [2.45, 2.75) is 13.0 Å². The molecule has 0 unspecified atom stereocenters. The molecular formula is C28H25N3O6. The van der Waals surface area contributed by atoms with Crippen molar-refractivity contribution in [2.24, 2.45) is 11.8 Å². The minimum Gasteiger partial charge on any atom is -0.485 e. The smallest absolute Gasteiger partial charge is 0.415 e. The molecule has 4 aromatic rings. The van der Waals surface area contributed by atoms with Crippen LogP contribution in [0.1, 0.15) is 11.4 Å². The molecule has 0 spiro atoms. The summed E-state index contributed by atoms with van der Waals surface area (Å²) < 4.78 is 16.6. The number of aromatic nitrogens is 2. The van der Waals surface area contributed by atoms with Gasteiger partial charge in [-0.25, -0.2) is 4.79 Å². The molecule has 1 aromatic heterocycles. The molecule has 2 heterocycles. The molecule has 0 bridgehead atoms. The van der Waals surface area contributed by atoms with Crippen molar-refractivity contribution < 1.29 is 28.7 Å². The summed E-state index contributed by atoms with van der Waals surface area (Å²) in [6.07, 6.45) is -0.0732. The zero-order valence-electron chi connectivity index (χ0n) is 19.9. The Bertz CT molecular complexity index is 1360. The van der Waals surface area contributed by atoms with Gasteiger partial charge in [0.2, 0.25) is 5.82 Å². The highest BCUT2D eigenvalue weighted by Gasteiger charge is 2.40. The van der Waals surface area contributed by atoms with Gasteiger partial charge >= 0.3 is 12.1 Å². The number of amides is 1. The van der Waals surface area contributed by atoms with Gasteiger partial charge in [-0.05, 0) is 54.3 Å². The third-order valence-corrected chi connectivity index (χ3v) is 6.22. The van der Waals surface area contributed by atoms with E-state index in [1.54, 1.807) is 24.3 Å². The summed E-state index contributed by atoms with van der Waals surface area (Å²) in [4.78, 5) is 30.4. The van der Waals surface area contributed by atoms with Crippen LogP contribution in [0, 0.1) is 11.8 Å². The van der Waals surface area contributed by atoms with Crippen molar-refractivity contribution in [3.05, 3.63) is 96.3 Å². The third kappa shape index (κ3) is 5.95. The van der Waals surface area contributed by atoms with Crippen LogP contribution in [0.2, 0.25) is 0 Å². The van der Waals surface area contributed by atoms with Crippen LogP contribution in [0.4, 0.5) is 4.79 Å². The molecule has 37 heavy (non-hydrogen) atoms. The van der Waals surface area contributed by atoms with Crippen LogP contribution >= 0.6 is 0 Å². The predicted octanol–water partition coefficient (Wildman–Crippen LogP) is 4.69. The lowest BCUT2D eigenvalue weighted by Crippen LogP contribution is -2.32. The number of hydrogen-bond acceptors (Lipinski definition) is 7. The van der Waals surface area contributed by atoms with Crippen molar-refractivity contribution in [1.82, 2.24) is 15.0 Å². The Morgan fingerprint density at radius 1 is 0.946 bits per heavy atom. The van der Waals surface area contributed by atoms with E-state index in [1.165, 1.54) is 4.90 Å². The van der Waals surface area contributed by atoms with Crippen molar-refractivity contribution in [2.75, 3.05) is 13.1 Å². The monoisotopic (exact) mass is 499 g/mol. The Labute approximate surface area is 213 Å². The predicted molar refractivity (Wildman–Crippen MR) is 133 cm³/mol. The summed E-state index contributed by atoms with van der Waals surface area (Å²) in [6.45, 7) is 0.516. The van der Waals surface area contributed by atoms with E-state index in [9.17, 15) is 14.7 Å². The van der Waals surface area contributed by atoms with Gasteiger partial charge in [-0.1, -0.05) is 53.7 Å². The number of aliphatic carboxylic acids is 1. The summed E-state index contributed by atoms with van der Waals surface area (Å²) in [5, 5.41) is 13.7. The number of nitrogens with zero attached hydrogens (tertiary/aromatic N) is 3. The largest absolute Gasteiger partial charge is 0.485 e. The Morgan fingerprint density at radius 2 is 1.68 bits per heavy atom. The summed E-state index contributed by atoms with van der Waals surface area (Å²) in [6, 6.07) is 25.6. The number of rotatable bonds is 8. The van der Waals surface area contributed by atoms with Crippen LogP contribution in [-0.2, 0) is 17.8 Å². The summed E-state index contributed by atoms with van der Waals surface area (Å²) >= 11 is 0. The molecular weight excluding hydrogens is 474 g/mol. The first kappa shape index (κ1) is 24.1.